The molecule has 0 unspecified atom stereocenters. The third-order valence-corrected chi connectivity index (χ3v) is 3.45. The van der Waals surface area contributed by atoms with Crippen LogP contribution in [0.5, 0.6) is 0 Å². The van der Waals surface area contributed by atoms with E-state index in [4.69, 9.17) is 0 Å². The van der Waals surface area contributed by atoms with E-state index in [1.165, 1.54) is 12.3 Å². The zero-order valence-corrected chi connectivity index (χ0v) is 13.0. The van der Waals surface area contributed by atoms with Crippen LogP contribution in [0.4, 0.5) is 20.2 Å². The van der Waals surface area contributed by atoms with Gasteiger partial charge in [0.05, 0.1) is 11.3 Å². The molecule has 25 heavy (non-hydrogen) atoms. The third-order valence-electron chi connectivity index (χ3n) is 3.45. The van der Waals surface area contributed by atoms with Gasteiger partial charge in [0.2, 0.25) is 0 Å². The average molecular weight is 340 g/mol. The van der Waals surface area contributed by atoms with Gasteiger partial charge < -0.3 is 10.6 Å². The van der Waals surface area contributed by atoms with Gasteiger partial charge >= 0.3 is 0 Å². The summed E-state index contributed by atoms with van der Waals surface area (Å²) in [5, 5.41) is 5.36. The zero-order valence-electron chi connectivity index (χ0n) is 13.0. The van der Waals surface area contributed by atoms with Gasteiger partial charge in [-0.3, -0.25) is 14.8 Å². The molecule has 0 bridgehead atoms. The van der Waals surface area contributed by atoms with Gasteiger partial charge in [-0.1, -0.05) is 6.07 Å². The normalized spacial score (nSPS) is 10.3. The number of carbonyl (C=O) groups excluding carboxylic acids is 1. The maximum atomic E-state index is 13.6. The molecule has 0 aliphatic rings. The number of para-hydroxylation sites is 1. The van der Waals surface area contributed by atoms with Gasteiger partial charge in [-0.25, -0.2) is 8.78 Å². The maximum absolute atomic E-state index is 13.6. The van der Waals surface area contributed by atoms with Gasteiger partial charge in [0, 0.05) is 31.3 Å². The molecule has 5 nitrogen and oxygen atoms in total. The summed E-state index contributed by atoms with van der Waals surface area (Å²) in [6.07, 6.45) is 6.25. The van der Waals surface area contributed by atoms with Crippen molar-refractivity contribution in [2.24, 2.45) is 0 Å². The number of hydrogen-bond acceptors (Lipinski definition) is 4. The SMILES string of the molecule is O=C(Nc1c(F)cccc1F)c1cncc(NCc2ccncc2)c1. The van der Waals surface area contributed by atoms with Crippen molar-refractivity contribution in [1.29, 1.82) is 0 Å². The smallest absolute Gasteiger partial charge is 0.257 e. The van der Waals surface area contributed by atoms with Crippen molar-refractivity contribution in [3.8, 4) is 0 Å². The molecule has 0 saturated carbocycles. The number of halogens is 2. The topological polar surface area (TPSA) is 66.9 Å². The number of carbonyl (C=O) groups is 1. The Morgan fingerprint density at radius 1 is 1.00 bits per heavy atom. The highest BCUT2D eigenvalue weighted by Gasteiger charge is 2.14. The van der Waals surface area contributed by atoms with Crippen LogP contribution >= 0.6 is 0 Å². The molecule has 2 N–H and O–H groups in total. The van der Waals surface area contributed by atoms with E-state index in [2.05, 4.69) is 20.6 Å². The first-order chi connectivity index (χ1) is 12.1. The Balaban J connectivity index is 1.71. The molecular weight excluding hydrogens is 326 g/mol. The van der Waals surface area contributed by atoms with E-state index in [1.54, 1.807) is 24.7 Å². The minimum absolute atomic E-state index is 0.183. The molecule has 3 aromatic rings. The second-order valence-electron chi connectivity index (χ2n) is 5.22. The van der Waals surface area contributed by atoms with Crippen molar-refractivity contribution in [3.63, 3.8) is 0 Å². The van der Waals surface area contributed by atoms with Crippen LogP contribution in [0, 0.1) is 11.6 Å². The van der Waals surface area contributed by atoms with Crippen LogP contribution in [0.3, 0.4) is 0 Å². The van der Waals surface area contributed by atoms with Crippen LogP contribution in [0.25, 0.3) is 0 Å². The van der Waals surface area contributed by atoms with E-state index >= 15 is 0 Å². The van der Waals surface area contributed by atoms with Crippen molar-refractivity contribution in [1.82, 2.24) is 9.97 Å². The van der Waals surface area contributed by atoms with Crippen LogP contribution in [-0.4, -0.2) is 15.9 Å². The summed E-state index contributed by atoms with van der Waals surface area (Å²) < 4.78 is 27.3. The molecule has 7 heteroatoms. The minimum Gasteiger partial charge on any atom is -0.380 e. The fourth-order valence-electron chi connectivity index (χ4n) is 2.17. The van der Waals surface area contributed by atoms with E-state index in [0.717, 1.165) is 17.7 Å². The highest BCUT2D eigenvalue weighted by molar-refractivity contribution is 6.04. The quantitative estimate of drug-likeness (QED) is 0.744. The van der Waals surface area contributed by atoms with Crippen LogP contribution in [-0.2, 0) is 6.54 Å². The molecule has 2 aromatic heterocycles. The molecule has 0 fully saturated rings. The van der Waals surface area contributed by atoms with Crippen LogP contribution < -0.4 is 10.6 Å². The monoisotopic (exact) mass is 340 g/mol. The van der Waals surface area contributed by atoms with Crippen molar-refractivity contribution in [2.45, 2.75) is 6.54 Å². The number of anilines is 2. The molecule has 1 amide bonds. The standard InChI is InChI=1S/C18H14F2N4O/c19-15-2-1-3-16(20)17(15)24-18(25)13-8-14(11-22-10-13)23-9-12-4-6-21-7-5-12/h1-8,10-11,23H,9H2,(H,24,25). The zero-order chi connectivity index (χ0) is 17.6. The number of benzene rings is 1. The largest absolute Gasteiger partial charge is 0.380 e. The third kappa shape index (κ3) is 4.14. The maximum Gasteiger partial charge on any atom is 0.257 e. The van der Waals surface area contributed by atoms with Crippen molar-refractivity contribution >= 4 is 17.3 Å². The molecule has 3 rings (SSSR count). The van der Waals surface area contributed by atoms with Gasteiger partial charge in [0.25, 0.3) is 5.91 Å². The Labute approximate surface area is 142 Å². The van der Waals surface area contributed by atoms with Crippen LogP contribution in [0.1, 0.15) is 15.9 Å². The molecule has 2 heterocycles. The molecule has 0 spiro atoms. The number of hydrogen-bond donors (Lipinski definition) is 2. The first-order valence-corrected chi connectivity index (χ1v) is 7.46. The van der Waals surface area contributed by atoms with Crippen LogP contribution in [0.15, 0.2) is 61.2 Å². The first-order valence-electron chi connectivity index (χ1n) is 7.46. The summed E-state index contributed by atoms with van der Waals surface area (Å²) in [6, 6.07) is 8.65. The van der Waals surface area contributed by atoms with Gasteiger partial charge in [0.15, 0.2) is 0 Å². The molecule has 126 valence electrons. The van der Waals surface area contributed by atoms with Gasteiger partial charge in [-0.15, -0.1) is 0 Å². The van der Waals surface area contributed by atoms with Crippen LogP contribution in [0.2, 0.25) is 0 Å². The van der Waals surface area contributed by atoms with Gasteiger partial charge in [0.1, 0.15) is 17.3 Å². The summed E-state index contributed by atoms with van der Waals surface area (Å²) in [5.74, 6) is -2.33. The fourth-order valence-corrected chi connectivity index (χ4v) is 2.17. The number of pyridine rings is 2. The van der Waals surface area contributed by atoms with Crippen molar-refractivity contribution in [2.75, 3.05) is 10.6 Å². The molecule has 0 radical (unpaired) electrons. The molecule has 0 aliphatic heterocycles. The second kappa shape index (κ2) is 7.48. The Morgan fingerprint density at radius 2 is 1.72 bits per heavy atom. The lowest BCUT2D eigenvalue weighted by Gasteiger charge is -2.09. The predicted octanol–water partition coefficient (Wildman–Crippen LogP) is 3.62. The Bertz CT molecular complexity index is 867. The highest BCUT2D eigenvalue weighted by atomic mass is 19.1. The number of rotatable bonds is 5. The van der Waals surface area contributed by atoms with Gasteiger partial charge in [-0.05, 0) is 35.9 Å². The van der Waals surface area contributed by atoms with Crippen molar-refractivity contribution < 1.29 is 13.6 Å². The predicted molar refractivity (Wildman–Crippen MR) is 90.1 cm³/mol. The lowest BCUT2D eigenvalue weighted by Crippen LogP contribution is -2.15. The van der Waals surface area contributed by atoms with E-state index < -0.39 is 23.2 Å². The lowest BCUT2D eigenvalue weighted by atomic mass is 10.2. The number of aromatic nitrogens is 2. The van der Waals surface area contributed by atoms with E-state index in [9.17, 15) is 13.6 Å². The summed E-state index contributed by atoms with van der Waals surface area (Å²) in [4.78, 5) is 20.1. The summed E-state index contributed by atoms with van der Waals surface area (Å²) in [7, 11) is 0. The van der Waals surface area contributed by atoms with Gasteiger partial charge in [-0.2, -0.15) is 0 Å². The highest BCUT2D eigenvalue weighted by Crippen LogP contribution is 2.19. The van der Waals surface area contributed by atoms with E-state index in [-0.39, 0.29) is 5.56 Å². The lowest BCUT2D eigenvalue weighted by molar-refractivity contribution is 0.102. The minimum atomic E-state index is -0.840. The van der Waals surface area contributed by atoms with Crippen molar-refractivity contribution in [3.05, 3.63) is 83.9 Å². The molecule has 0 atom stereocenters. The number of nitrogens with one attached hydrogen (secondary N) is 2. The summed E-state index contributed by atoms with van der Waals surface area (Å²) in [5.41, 5.74) is 1.32. The Morgan fingerprint density at radius 3 is 2.44 bits per heavy atom. The second-order valence-corrected chi connectivity index (χ2v) is 5.22. The molecule has 0 saturated heterocycles. The fraction of sp³-hybridized carbons (Fsp3) is 0.0556. The van der Waals surface area contributed by atoms with E-state index in [1.807, 2.05) is 12.1 Å². The Hall–Kier alpha value is -3.35. The molecular formula is C18H14F2N4O. The average Bonchev–Trinajstić information content (AvgIpc) is 2.64. The number of nitrogens with zero attached hydrogens (tertiary/aromatic N) is 2. The molecule has 0 aliphatic carbocycles. The summed E-state index contributed by atoms with van der Waals surface area (Å²) >= 11 is 0. The summed E-state index contributed by atoms with van der Waals surface area (Å²) in [6.45, 7) is 0.525. The number of amides is 1. The Kier molecular flexibility index (Phi) is 4.94. The van der Waals surface area contributed by atoms with E-state index in [0.29, 0.717) is 12.2 Å². The molecule has 1 aromatic carbocycles. The first kappa shape index (κ1) is 16.5.